The van der Waals surface area contributed by atoms with Crippen molar-refractivity contribution in [1.82, 2.24) is 19.9 Å². The van der Waals surface area contributed by atoms with Crippen LogP contribution in [0.25, 0.3) is 11.2 Å². The molecule has 0 aliphatic rings. The lowest BCUT2D eigenvalue weighted by Crippen LogP contribution is -2.14. The van der Waals surface area contributed by atoms with Crippen LogP contribution in [0.2, 0.25) is 0 Å². The lowest BCUT2D eigenvalue weighted by molar-refractivity contribution is 0.415. The second-order valence-corrected chi connectivity index (χ2v) is 4.85. The van der Waals surface area contributed by atoms with E-state index in [2.05, 4.69) is 25.3 Å². The van der Waals surface area contributed by atoms with Gasteiger partial charge in [-0.2, -0.15) is 9.97 Å². The van der Waals surface area contributed by atoms with Crippen molar-refractivity contribution in [3.63, 3.8) is 0 Å². The minimum Gasteiger partial charge on any atom is -0.497 e. The predicted molar refractivity (Wildman–Crippen MR) is 85.7 cm³/mol. The van der Waals surface area contributed by atoms with Crippen molar-refractivity contribution in [3.05, 3.63) is 36.7 Å². The molecule has 2 aromatic heterocycles. The number of nitrogens with one attached hydrogen (secondary N) is 1. The van der Waals surface area contributed by atoms with E-state index in [1.165, 1.54) is 0 Å². The summed E-state index contributed by atoms with van der Waals surface area (Å²) in [6, 6.07) is 7.59. The Morgan fingerprint density at radius 3 is 2.41 bits per heavy atom. The van der Waals surface area contributed by atoms with Crippen LogP contribution >= 0.6 is 0 Å². The monoisotopic (exact) mass is 296 g/mol. The highest BCUT2D eigenvalue weighted by Crippen LogP contribution is 2.24. The smallest absolute Gasteiger partial charge is 0.228 e. The normalized spacial score (nSPS) is 10.5. The molecule has 1 N–H and O–H groups in total. The van der Waals surface area contributed by atoms with Gasteiger partial charge in [-0.3, -0.25) is 0 Å². The molecule has 0 aliphatic heterocycles. The Labute approximate surface area is 128 Å². The van der Waals surface area contributed by atoms with Gasteiger partial charge in [0.25, 0.3) is 0 Å². The largest absolute Gasteiger partial charge is 0.497 e. The molecule has 7 heteroatoms. The average molecular weight is 296 g/mol. The number of hydrogen-bond acceptors (Lipinski definition) is 7. The van der Waals surface area contributed by atoms with E-state index in [0.717, 1.165) is 11.4 Å². The summed E-state index contributed by atoms with van der Waals surface area (Å²) in [7, 11) is 5.41. The number of ether oxygens (including phenoxy) is 1. The van der Waals surface area contributed by atoms with E-state index in [1.807, 2.05) is 43.3 Å². The van der Waals surface area contributed by atoms with Crippen LogP contribution in [0.3, 0.4) is 0 Å². The molecule has 0 bridgehead atoms. The number of methoxy groups -OCH3 is 1. The molecular formula is C15H16N6O. The van der Waals surface area contributed by atoms with Crippen LogP contribution in [0.1, 0.15) is 0 Å². The summed E-state index contributed by atoms with van der Waals surface area (Å²) in [5.74, 6) is 1.99. The van der Waals surface area contributed by atoms with E-state index >= 15 is 0 Å². The van der Waals surface area contributed by atoms with Gasteiger partial charge in [0.1, 0.15) is 5.75 Å². The second kappa shape index (κ2) is 5.80. The van der Waals surface area contributed by atoms with Crippen LogP contribution in [-0.2, 0) is 0 Å². The van der Waals surface area contributed by atoms with Crippen LogP contribution < -0.4 is 15.0 Å². The maximum Gasteiger partial charge on any atom is 0.228 e. The Balaban J connectivity index is 2.04. The zero-order valence-corrected chi connectivity index (χ0v) is 12.6. The molecule has 0 atom stereocenters. The van der Waals surface area contributed by atoms with Crippen LogP contribution in [0.15, 0.2) is 36.7 Å². The highest BCUT2D eigenvalue weighted by atomic mass is 16.5. The number of rotatable bonds is 4. The highest BCUT2D eigenvalue weighted by Gasteiger charge is 2.11. The fourth-order valence-electron chi connectivity index (χ4n) is 1.95. The van der Waals surface area contributed by atoms with E-state index < -0.39 is 0 Å². The van der Waals surface area contributed by atoms with E-state index in [9.17, 15) is 0 Å². The third kappa shape index (κ3) is 2.73. The van der Waals surface area contributed by atoms with E-state index in [4.69, 9.17) is 4.74 Å². The molecule has 2 heterocycles. The minimum absolute atomic E-state index is 0.553. The molecule has 0 amide bonds. The molecule has 0 fully saturated rings. The average Bonchev–Trinajstić information content (AvgIpc) is 2.55. The van der Waals surface area contributed by atoms with Crippen molar-refractivity contribution in [3.8, 4) is 5.75 Å². The first-order valence-electron chi connectivity index (χ1n) is 6.74. The van der Waals surface area contributed by atoms with Crippen LogP contribution in [-0.4, -0.2) is 41.1 Å². The summed E-state index contributed by atoms with van der Waals surface area (Å²) in [6.07, 6.45) is 3.24. The van der Waals surface area contributed by atoms with Gasteiger partial charge in [-0.05, 0) is 24.3 Å². The van der Waals surface area contributed by atoms with Crippen LogP contribution in [0.4, 0.5) is 17.5 Å². The fraction of sp³-hybridized carbons (Fsp3) is 0.200. The maximum atomic E-state index is 5.16. The Hall–Kier alpha value is -2.96. The first-order valence-corrected chi connectivity index (χ1v) is 6.74. The predicted octanol–water partition coefficient (Wildman–Crippen LogP) is 2.24. The summed E-state index contributed by atoms with van der Waals surface area (Å²) < 4.78 is 5.16. The standard InChI is InChI=1S/C15H16N6O/c1-21(2)15-19-13-12(16-8-9-17-13)14(20-15)18-10-4-6-11(22-3)7-5-10/h4-9H,1-3H3,(H,17,18,19,20). The van der Waals surface area contributed by atoms with E-state index in [0.29, 0.717) is 22.9 Å². The van der Waals surface area contributed by atoms with Gasteiger partial charge in [0.05, 0.1) is 7.11 Å². The number of aromatic nitrogens is 4. The van der Waals surface area contributed by atoms with Gasteiger partial charge in [0.2, 0.25) is 5.95 Å². The summed E-state index contributed by atoms with van der Waals surface area (Å²) in [6.45, 7) is 0. The Bertz CT molecular complexity index is 788. The SMILES string of the molecule is COc1ccc(Nc2nc(N(C)C)nc3nccnc23)cc1. The zero-order chi connectivity index (χ0) is 15.5. The number of hydrogen-bond donors (Lipinski definition) is 1. The molecule has 3 aromatic rings. The number of anilines is 3. The highest BCUT2D eigenvalue weighted by molar-refractivity contribution is 5.85. The molecule has 0 unspecified atom stereocenters. The lowest BCUT2D eigenvalue weighted by Gasteiger charge is -2.14. The van der Waals surface area contributed by atoms with Gasteiger partial charge in [-0.25, -0.2) is 9.97 Å². The molecule has 3 rings (SSSR count). The first kappa shape index (κ1) is 14.0. The molecule has 0 saturated carbocycles. The lowest BCUT2D eigenvalue weighted by atomic mass is 10.3. The minimum atomic E-state index is 0.553. The molecule has 7 nitrogen and oxygen atoms in total. The Morgan fingerprint density at radius 1 is 1.00 bits per heavy atom. The summed E-state index contributed by atoms with van der Waals surface area (Å²) in [4.78, 5) is 19.3. The van der Waals surface area contributed by atoms with Gasteiger partial charge in [-0.15, -0.1) is 0 Å². The number of fused-ring (bicyclic) bond motifs is 1. The third-order valence-electron chi connectivity index (χ3n) is 3.07. The van der Waals surface area contributed by atoms with Gasteiger partial charge < -0.3 is 15.0 Å². The van der Waals surface area contributed by atoms with Gasteiger partial charge in [0.15, 0.2) is 17.0 Å². The first-order chi connectivity index (χ1) is 10.7. The van der Waals surface area contributed by atoms with Gasteiger partial charge >= 0.3 is 0 Å². The molecule has 0 aliphatic carbocycles. The van der Waals surface area contributed by atoms with Crippen LogP contribution in [0.5, 0.6) is 5.75 Å². The molecule has 0 saturated heterocycles. The summed E-state index contributed by atoms with van der Waals surface area (Å²) in [5.41, 5.74) is 2.07. The molecule has 0 spiro atoms. The molecule has 112 valence electrons. The molecule has 22 heavy (non-hydrogen) atoms. The topological polar surface area (TPSA) is 76.1 Å². The third-order valence-corrected chi connectivity index (χ3v) is 3.07. The molecular weight excluding hydrogens is 280 g/mol. The molecule has 1 aromatic carbocycles. The van der Waals surface area contributed by atoms with Crippen molar-refractivity contribution in [2.24, 2.45) is 0 Å². The summed E-state index contributed by atoms with van der Waals surface area (Å²) >= 11 is 0. The van der Waals surface area contributed by atoms with Crippen molar-refractivity contribution in [2.45, 2.75) is 0 Å². The zero-order valence-electron chi connectivity index (χ0n) is 12.6. The fourth-order valence-corrected chi connectivity index (χ4v) is 1.95. The summed E-state index contributed by atoms with van der Waals surface area (Å²) in [5, 5.41) is 3.26. The van der Waals surface area contributed by atoms with Crippen molar-refractivity contribution in [2.75, 3.05) is 31.4 Å². The van der Waals surface area contributed by atoms with Gasteiger partial charge in [-0.1, -0.05) is 0 Å². The van der Waals surface area contributed by atoms with Crippen molar-refractivity contribution < 1.29 is 4.74 Å². The van der Waals surface area contributed by atoms with E-state index in [1.54, 1.807) is 19.5 Å². The Morgan fingerprint density at radius 2 is 1.73 bits per heavy atom. The second-order valence-electron chi connectivity index (χ2n) is 4.85. The van der Waals surface area contributed by atoms with Gasteiger partial charge in [0, 0.05) is 32.2 Å². The van der Waals surface area contributed by atoms with Crippen LogP contribution in [0, 0.1) is 0 Å². The van der Waals surface area contributed by atoms with E-state index in [-0.39, 0.29) is 0 Å². The van der Waals surface area contributed by atoms with Crippen molar-refractivity contribution >= 4 is 28.6 Å². The Kier molecular flexibility index (Phi) is 3.69. The number of nitrogens with zero attached hydrogens (tertiary/aromatic N) is 5. The quantitative estimate of drug-likeness (QED) is 0.791. The maximum absolute atomic E-state index is 5.16. The van der Waals surface area contributed by atoms with Crippen molar-refractivity contribution in [1.29, 1.82) is 0 Å². The number of benzene rings is 1. The molecule has 0 radical (unpaired) electrons.